The minimum absolute atomic E-state index is 0.162. The quantitative estimate of drug-likeness (QED) is 0.698. The third kappa shape index (κ3) is 2.41. The van der Waals surface area contributed by atoms with Crippen LogP contribution in [0.4, 0.5) is 0 Å². The Balaban J connectivity index is 1.93. The lowest BCUT2D eigenvalue weighted by Gasteiger charge is -2.28. The fourth-order valence-corrected chi connectivity index (χ4v) is 1.94. The highest BCUT2D eigenvalue weighted by Gasteiger charge is 2.23. The molecule has 82 valence electrons. The van der Waals surface area contributed by atoms with E-state index in [4.69, 9.17) is 0 Å². The molecule has 0 amide bonds. The van der Waals surface area contributed by atoms with Crippen molar-refractivity contribution in [3.63, 3.8) is 0 Å². The zero-order valence-corrected chi connectivity index (χ0v) is 9.18. The van der Waals surface area contributed by atoms with Gasteiger partial charge in [0.25, 0.3) is 0 Å². The Bertz CT molecular complexity index is 360. The van der Waals surface area contributed by atoms with Crippen LogP contribution in [0.15, 0.2) is 6.20 Å². The summed E-state index contributed by atoms with van der Waals surface area (Å²) >= 11 is 0. The molecule has 1 aromatic heterocycles. The molecule has 0 bridgehead atoms. The standard InChI is InChI=1S/C10H16N4O/c1-8-5-14(4-3-10(8)15)7-9-6-13(2)12-11-9/h6,8H,3-5,7H2,1-2H3. The first-order valence-corrected chi connectivity index (χ1v) is 5.25. The van der Waals surface area contributed by atoms with E-state index in [0.29, 0.717) is 12.2 Å². The summed E-state index contributed by atoms with van der Waals surface area (Å²) in [6, 6.07) is 0. The van der Waals surface area contributed by atoms with E-state index in [1.807, 2.05) is 20.2 Å². The average molecular weight is 208 g/mol. The lowest BCUT2D eigenvalue weighted by atomic mass is 9.98. The van der Waals surface area contributed by atoms with E-state index in [1.165, 1.54) is 0 Å². The number of hydrogen-bond donors (Lipinski definition) is 0. The van der Waals surface area contributed by atoms with Gasteiger partial charge in [0.15, 0.2) is 0 Å². The molecular formula is C10H16N4O. The molecule has 15 heavy (non-hydrogen) atoms. The van der Waals surface area contributed by atoms with Gasteiger partial charge in [-0.2, -0.15) is 0 Å². The van der Waals surface area contributed by atoms with Crippen molar-refractivity contribution < 1.29 is 4.79 Å². The first-order chi connectivity index (χ1) is 7.15. The van der Waals surface area contributed by atoms with Crippen LogP contribution < -0.4 is 0 Å². The molecule has 2 rings (SSSR count). The zero-order valence-electron chi connectivity index (χ0n) is 9.18. The summed E-state index contributed by atoms with van der Waals surface area (Å²) in [5, 5.41) is 7.93. The fourth-order valence-electron chi connectivity index (χ4n) is 1.94. The van der Waals surface area contributed by atoms with E-state index in [1.54, 1.807) is 4.68 Å². The van der Waals surface area contributed by atoms with Crippen molar-refractivity contribution in [1.82, 2.24) is 19.9 Å². The molecule has 5 nitrogen and oxygen atoms in total. The number of nitrogens with zero attached hydrogens (tertiary/aromatic N) is 4. The molecule has 1 aliphatic heterocycles. The Morgan fingerprint density at radius 3 is 3.00 bits per heavy atom. The van der Waals surface area contributed by atoms with Crippen LogP contribution in [-0.4, -0.2) is 38.8 Å². The first kappa shape index (κ1) is 10.3. The highest BCUT2D eigenvalue weighted by molar-refractivity contribution is 5.81. The minimum atomic E-state index is 0.162. The molecule has 2 heterocycles. The van der Waals surface area contributed by atoms with Crippen LogP contribution >= 0.6 is 0 Å². The number of rotatable bonds is 2. The normalized spacial score (nSPS) is 23.3. The monoisotopic (exact) mass is 208 g/mol. The van der Waals surface area contributed by atoms with Gasteiger partial charge < -0.3 is 0 Å². The molecule has 1 atom stereocenters. The Kier molecular flexibility index (Phi) is 2.81. The molecule has 0 aromatic carbocycles. The van der Waals surface area contributed by atoms with Crippen molar-refractivity contribution in [3.8, 4) is 0 Å². The predicted molar refractivity (Wildman–Crippen MR) is 55.1 cm³/mol. The molecule has 0 N–H and O–H groups in total. The molecule has 5 heteroatoms. The highest BCUT2D eigenvalue weighted by atomic mass is 16.1. The van der Waals surface area contributed by atoms with Gasteiger partial charge in [-0.15, -0.1) is 5.10 Å². The third-order valence-corrected chi connectivity index (χ3v) is 2.79. The molecule has 1 fully saturated rings. The van der Waals surface area contributed by atoms with Crippen LogP contribution in [0.25, 0.3) is 0 Å². The van der Waals surface area contributed by atoms with Gasteiger partial charge in [-0.25, -0.2) is 0 Å². The van der Waals surface area contributed by atoms with Crippen LogP contribution in [0.1, 0.15) is 19.0 Å². The van der Waals surface area contributed by atoms with E-state index in [2.05, 4.69) is 15.2 Å². The number of ketones is 1. The Morgan fingerprint density at radius 1 is 1.60 bits per heavy atom. The second-order valence-electron chi connectivity index (χ2n) is 4.24. The SMILES string of the molecule is CC1CN(Cc2cn(C)nn2)CCC1=O. The largest absolute Gasteiger partial charge is 0.299 e. The summed E-state index contributed by atoms with van der Waals surface area (Å²) in [6.45, 7) is 4.48. The number of carbonyl (C=O) groups excluding carboxylic acids is 1. The highest BCUT2D eigenvalue weighted by Crippen LogP contribution is 2.14. The molecule has 0 radical (unpaired) electrons. The second kappa shape index (κ2) is 4.10. The molecule has 1 saturated heterocycles. The lowest BCUT2D eigenvalue weighted by Crippen LogP contribution is -2.39. The van der Waals surface area contributed by atoms with E-state index in [-0.39, 0.29) is 5.92 Å². The molecule has 0 spiro atoms. The predicted octanol–water partition coefficient (Wildman–Crippen LogP) is 0.226. The van der Waals surface area contributed by atoms with Gasteiger partial charge in [0, 0.05) is 45.2 Å². The van der Waals surface area contributed by atoms with Crippen LogP contribution in [0.5, 0.6) is 0 Å². The maximum absolute atomic E-state index is 11.3. The summed E-state index contributed by atoms with van der Waals surface area (Å²) in [4.78, 5) is 13.6. The maximum atomic E-state index is 11.3. The van der Waals surface area contributed by atoms with Crippen molar-refractivity contribution in [2.75, 3.05) is 13.1 Å². The molecule has 1 unspecified atom stereocenters. The third-order valence-electron chi connectivity index (χ3n) is 2.79. The second-order valence-corrected chi connectivity index (χ2v) is 4.24. The van der Waals surface area contributed by atoms with Crippen molar-refractivity contribution in [3.05, 3.63) is 11.9 Å². The van der Waals surface area contributed by atoms with E-state index in [9.17, 15) is 4.79 Å². The van der Waals surface area contributed by atoms with Crippen molar-refractivity contribution in [1.29, 1.82) is 0 Å². The van der Waals surface area contributed by atoms with Crippen LogP contribution in [-0.2, 0) is 18.4 Å². The number of aryl methyl sites for hydroxylation is 1. The van der Waals surface area contributed by atoms with Crippen molar-refractivity contribution in [2.45, 2.75) is 19.9 Å². The summed E-state index contributed by atoms with van der Waals surface area (Å²) in [5.74, 6) is 0.542. The van der Waals surface area contributed by atoms with Crippen LogP contribution in [0.2, 0.25) is 0 Å². The van der Waals surface area contributed by atoms with Gasteiger partial charge >= 0.3 is 0 Å². The first-order valence-electron chi connectivity index (χ1n) is 5.25. The number of hydrogen-bond acceptors (Lipinski definition) is 4. The van der Waals surface area contributed by atoms with E-state index >= 15 is 0 Å². The zero-order chi connectivity index (χ0) is 10.8. The van der Waals surface area contributed by atoms with Crippen molar-refractivity contribution >= 4 is 5.78 Å². The Labute approximate surface area is 89.1 Å². The molecule has 1 aliphatic rings. The van der Waals surface area contributed by atoms with Crippen LogP contribution in [0, 0.1) is 5.92 Å². The van der Waals surface area contributed by atoms with Crippen molar-refractivity contribution in [2.24, 2.45) is 13.0 Å². The number of likely N-dealkylation sites (tertiary alicyclic amines) is 1. The molecule has 0 aliphatic carbocycles. The van der Waals surface area contributed by atoms with E-state index in [0.717, 1.165) is 25.3 Å². The minimum Gasteiger partial charge on any atom is -0.299 e. The Hall–Kier alpha value is -1.23. The van der Waals surface area contributed by atoms with E-state index < -0.39 is 0 Å². The summed E-state index contributed by atoms with van der Waals surface area (Å²) < 4.78 is 1.70. The fraction of sp³-hybridized carbons (Fsp3) is 0.700. The summed E-state index contributed by atoms with van der Waals surface area (Å²) in [5.41, 5.74) is 0.971. The van der Waals surface area contributed by atoms with Gasteiger partial charge in [-0.1, -0.05) is 12.1 Å². The maximum Gasteiger partial charge on any atom is 0.138 e. The van der Waals surface area contributed by atoms with Gasteiger partial charge in [-0.3, -0.25) is 14.4 Å². The summed E-state index contributed by atoms with van der Waals surface area (Å²) in [7, 11) is 1.86. The number of piperidine rings is 1. The molecule has 0 saturated carbocycles. The van der Waals surface area contributed by atoms with Gasteiger partial charge in [-0.05, 0) is 0 Å². The number of aromatic nitrogens is 3. The lowest BCUT2D eigenvalue weighted by molar-refractivity contribution is -0.125. The smallest absolute Gasteiger partial charge is 0.138 e. The van der Waals surface area contributed by atoms with Gasteiger partial charge in [0.05, 0.1) is 5.69 Å². The molecular weight excluding hydrogens is 192 g/mol. The topological polar surface area (TPSA) is 51.0 Å². The number of Topliss-reactive ketones (excluding diaryl/α,β-unsaturated/α-hetero) is 1. The van der Waals surface area contributed by atoms with Gasteiger partial charge in [0.2, 0.25) is 0 Å². The molecule has 1 aromatic rings. The number of carbonyl (C=O) groups is 1. The average Bonchev–Trinajstić information content (AvgIpc) is 2.58. The summed E-state index contributed by atoms with van der Waals surface area (Å²) in [6.07, 6.45) is 2.59. The Morgan fingerprint density at radius 2 is 2.40 bits per heavy atom. The van der Waals surface area contributed by atoms with Gasteiger partial charge in [0.1, 0.15) is 5.78 Å². The van der Waals surface area contributed by atoms with Crippen LogP contribution in [0.3, 0.4) is 0 Å².